The molecule has 0 aromatic carbocycles. The molecule has 0 fully saturated rings. The van der Waals surface area contributed by atoms with Crippen molar-refractivity contribution >= 4 is 0 Å². The summed E-state index contributed by atoms with van der Waals surface area (Å²) in [4.78, 5) is 0. The third-order valence-corrected chi connectivity index (χ3v) is 0. The fraction of sp³-hybridized carbons (Fsp3) is 1.00. The third-order valence-electron chi connectivity index (χ3n) is 0. The third kappa shape index (κ3) is 4550. The molecule has 0 aliphatic heterocycles. The zero-order valence-corrected chi connectivity index (χ0v) is 11.6. The first kappa shape index (κ1) is 29.2. The Hall–Kier alpha value is 0.554. The topological polar surface area (TPSA) is 62.5 Å². The molecule has 0 aromatic rings. The van der Waals surface area contributed by atoms with E-state index in [-0.39, 0.29) is 28.3 Å². The van der Waals surface area contributed by atoms with Gasteiger partial charge in [-0.1, -0.05) is 0 Å². The Labute approximate surface area is 98.8 Å². The Morgan fingerprint density at radius 2 is 0.769 bits per heavy atom. The molecule has 0 saturated carbocycles. The van der Waals surface area contributed by atoms with Gasteiger partial charge in [0.05, 0.1) is 0 Å². The number of rotatable bonds is 0. The van der Waals surface area contributed by atoms with Crippen LogP contribution >= 0.6 is 0 Å². The number of aliphatic hydroxyl groups is 1. The van der Waals surface area contributed by atoms with Crippen molar-refractivity contribution in [2.45, 2.75) is 6.92 Å². The maximum Gasteiger partial charge on any atom is 3.00 e. The molecule has 1 N–H and O–H groups in total. The molecule has 0 atom stereocenters. The van der Waals surface area contributed by atoms with Crippen LogP contribution in [0.5, 0.6) is 0 Å². The van der Waals surface area contributed by atoms with Crippen molar-refractivity contribution < 1.29 is 26.8 Å². The molecule has 5 heteroatoms. The van der Waals surface area contributed by atoms with Crippen LogP contribution in [-0.2, 0) is 21.7 Å². The van der Waals surface area contributed by atoms with Crippen LogP contribution in [0.1, 0.15) is 6.92 Å². The summed E-state index contributed by atoms with van der Waals surface area (Å²) in [6.07, 6.45) is 0. The Balaban J connectivity index is -0.0000000213. The Morgan fingerprint density at radius 3 is 0.769 bits per heavy atom. The Morgan fingerprint density at radius 1 is 0.769 bits per heavy atom. The minimum absolute atomic E-state index is 0. The summed E-state index contributed by atoms with van der Waals surface area (Å²) < 4.78 is 0. The van der Waals surface area contributed by atoms with Crippen molar-refractivity contribution in [3.8, 4) is 0 Å². The number of hydrogen-bond acceptors (Lipinski definition) is 1. The first-order chi connectivity index (χ1) is 5.66. The second-order valence-electron chi connectivity index (χ2n) is 1.66. The molecule has 0 spiro atoms. The first-order valence-electron chi connectivity index (χ1n) is 3.71. The molecule has 0 unspecified atom stereocenters. The monoisotopic (exact) mass is 226 g/mol. The summed E-state index contributed by atoms with van der Waals surface area (Å²) in [5, 5.41) is 18.1. The van der Waals surface area contributed by atoms with E-state index >= 15 is 0 Å². The van der Waals surface area contributed by atoms with Gasteiger partial charge in [0.1, 0.15) is 0 Å². The second-order valence-corrected chi connectivity index (χ2v) is 1.66. The average molecular weight is 226 g/mol. The quantitative estimate of drug-likeness (QED) is 0.629. The molecular formula is C8H24N3OTi. The number of hydrogen-bond donors (Lipinski definition) is 1. The van der Waals surface area contributed by atoms with Gasteiger partial charge in [-0.15, -0.1) is 0 Å². The van der Waals surface area contributed by atoms with Crippen LogP contribution in [0.3, 0.4) is 0 Å². The number of aliphatic hydroxyl groups excluding tert-OH is 1. The fourth-order valence-electron chi connectivity index (χ4n) is 0. The molecule has 0 saturated heterocycles. The normalized spacial score (nSPS) is 5.54. The van der Waals surface area contributed by atoms with Crippen molar-refractivity contribution in [1.29, 1.82) is 0 Å². The summed E-state index contributed by atoms with van der Waals surface area (Å²) in [6, 6.07) is 0. The molecule has 81 valence electrons. The predicted molar refractivity (Wildman–Crippen MR) is 58.4 cm³/mol. The molecule has 1 radical (unpaired) electrons. The van der Waals surface area contributed by atoms with Crippen molar-refractivity contribution in [2.75, 3.05) is 48.9 Å². The fourth-order valence-corrected chi connectivity index (χ4v) is 0. The summed E-state index contributed by atoms with van der Waals surface area (Å²) in [5.74, 6) is 0. The van der Waals surface area contributed by atoms with Gasteiger partial charge in [-0.3, -0.25) is 0 Å². The Bertz CT molecular complexity index is 27.4. The maximum atomic E-state index is 7.57. The first-order valence-corrected chi connectivity index (χ1v) is 3.71. The molecule has 0 aliphatic rings. The molecule has 13 heavy (non-hydrogen) atoms. The van der Waals surface area contributed by atoms with Gasteiger partial charge in [-0.2, -0.15) is 42.3 Å². The van der Waals surface area contributed by atoms with Gasteiger partial charge in [-0.25, -0.2) is 0 Å². The zero-order valence-electron chi connectivity index (χ0n) is 10.00. The van der Waals surface area contributed by atoms with E-state index in [4.69, 9.17) is 5.11 Å². The molecule has 0 amide bonds. The van der Waals surface area contributed by atoms with Gasteiger partial charge in [0.2, 0.25) is 0 Å². The Kier molecular flexibility index (Phi) is 181. The molecule has 0 rings (SSSR count). The van der Waals surface area contributed by atoms with Gasteiger partial charge >= 0.3 is 21.7 Å². The average Bonchev–Trinajstić information content (AvgIpc) is 1.92. The van der Waals surface area contributed by atoms with Crippen LogP contribution in [0, 0.1) is 0 Å². The van der Waals surface area contributed by atoms with Gasteiger partial charge in [0.25, 0.3) is 0 Å². The van der Waals surface area contributed by atoms with Crippen molar-refractivity contribution in [3.05, 3.63) is 16.0 Å². The van der Waals surface area contributed by atoms with E-state index in [1.54, 1.807) is 49.2 Å². The summed E-state index contributed by atoms with van der Waals surface area (Å²) >= 11 is 0. The van der Waals surface area contributed by atoms with Crippen LogP contribution in [0.15, 0.2) is 0 Å². The minimum atomic E-state index is 0. The van der Waals surface area contributed by atoms with Crippen molar-refractivity contribution in [1.82, 2.24) is 0 Å². The molecule has 0 aromatic heterocycles. The van der Waals surface area contributed by atoms with Gasteiger partial charge in [0, 0.05) is 6.61 Å². The van der Waals surface area contributed by atoms with Gasteiger partial charge in [0.15, 0.2) is 0 Å². The zero-order chi connectivity index (χ0) is 10.8. The van der Waals surface area contributed by atoms with Crippen LogP contribution in [-0.4, -0.2) is 54.0 Å². The van der Waals surface area contributed by atoms with E-state index in [0.29, 0.717) is 0 Å². The van der Waals surface area contributed by atoms with E-state index in [2.05, 4.69) is 16.0 Å². The van der Waals surface area contributed by atoms with Crippen LogP contribution in [0.25, 0.3) is 16.0 Å². The van der Waals surface area contributed by atoms with Crippen LogP contribution in [0.4, 0.5) is 0 Å². The van der Waals surface area contributed by atoms with Crippen molar-refractivity contribution in [3.63, 3.8) is 0 Å². The molecule has 4 nitrogen and oxygen atoms in total. The van der Waals surface area contributed by atoms with E-state index < -0.39 is 0 Å². The molecule has 0 aliphatic carbocycles. The van der Waals surface area contributed by atoms with E-state index in [1.165, 1.54) is 0 Å². The van der Waals surface area contributed by atoms with Crippen molar-refractivity contribution in [2.24, 2.45) is 0 Å². The van der Waals surface area contributed by atoms with Crippen LogP contribution < -0.4 is 0 Å². The molecule has 0 heterocycles. The summed E-state index contributed by atoms with van der Waals surface area (Å²) in [5.41, 5.74) is 0. The smallest absolute Gasteiger partial charge is 0.668 e. The largest absolute Gasteiger partial charge is 3.00 e. The van der Waals surface area contributed by atoms with E-state index in [9.17, 15) is 0 Å². The summed E-state index contributed by atoms with van der Waals surface area (Å²) in [6.45, 7) is 1.93. The van der Waals surface area contributed by atoms with Gasteiger partial charge < -0.3 is 21.1 Å². The minimum Gasteiger partial charge on any atom is -0.668 e. The predicted octanol–water partition coefficient (Wildman–Crippen LogP) is 1.86. The van der Waals surface area contributed by atoms with E-state index in [1.807, 2.05) is 0 Å². The van der Waals surface area contributed by atoms with E-state index in [0.717, 1.165) is 0 Å². The second kappa shape index (κ2) is 80.8. The summed E-state index contributed by atoms with van der Waals surface area (Å²) in [7, 11) is 10.5. The van der Waals surface area contributed by atoms with Gasteiger partial charge in [-0.05, 0) is 6.92 Å². The molecule has 0 bridgehead atoms. The number of nitrogens with zero attached hydrogens (tertiary/aromatic N) is 3. The maximum absolute atomic E-state index is 7.57. The van der Waals surface area contributed by atoms with Crippen LogP contribution in [0.2, 0.25) is 0 Å². The standard InChI is InChI=1S/3C2H6N.C2H6O.Ti/c3*1-3-2;1-2-3;/h3*1-2H3;3H,2H2,1H3;/q3*-1;;+3. The SMILES string of the molecule is CCO.C[N-]C.C[N-]C.C[N-]C.[Ti+3]. The molecular weight excluding hydrogens is 202 g/mol.